The van der Waals surface area contributed by atoms with Gasteiger partial charge in [0.1, 0.15) is 0 Å². The highest BCUT2D eigenvalue weighted by Gasteiger charge is 2.24. The Labute approximate surface area is 184 Å². The van der Waals surface area contributed by atoms with E-state index in [9.17, 15) is 0 Å². The Morgan fingerprint density at radius 2 is 1.23 bits per heavy atom. The van der Waals surface area contributed by atoms with Crippen LogP contribution in [0.1, 0.15) is 0 Å². The number of para-hydroxylation sites is 2. The fourth-order valence-electron chi connectivity index (χ4n) is 3.78. The van der Waals surface area contributed by atoms with E-state index in [2.05, 4.69) is 75.7 Å². The van der Waals surface area contributed by atoms with Crippen molar-refractivity contribution in [1.29, 1.82) is 0 Å². The molecule has 4 nitrogen and oxygen atoms in total. The number of rotatable bonds is 3. The van der Waals surface area contributed by atoms with E-state index in [4.69, 9.17) is 4.52 Å². The van der Waals surface area contributed by atoms with Crippen LogP contribution in [0.2, 0.25) is 0 Å². The molecule has 148 valence electrons. The maximum atomic E-state index is 5.47. The van der Waals surface area contributed by atoms with Crippen LogP contribution in [0.15, 0.2) is 117 Å². The first-order chi connectivity index (χ1) is 15.4. The van der Waals surface area contributed by atoms with Gasteiger partial charge < -0.3 is 9.42 Å². The largest absolute Gasteiger partial charge is 0.334 e. The van der Waals surface area contributed by atoms with Gasteiger partial charge in [0.15, 0.2) is 0 Å². The Morgan fingerprint density at radius 3 is 1.90 bits per heavy atom. The molecule has 0 saturated carbocycles. The van der Waals surface area contributed by atoms with Crippen molar-refractivity contribution in [3.63, 3.8) is 0 Å². The fourth-order valence-corrected chi connectivity index (χ4v) is 4.84. The lowest BCUT2D eigenvalue weighted by molar-refractivity contribution is 0.432. The minimum atomic E-state index is 0.524. The number of fused-ring (bicyclic) bond motifs is 2. The smallest absolute Gasteiger partial charge is 0.258 e. The highest BCUT2D eigenvalue weighted by Crippen LogP contribution is 2.51. The Balaban J connectivity index is 1.37. The second kappa shape index (κ2) is 7.45. The molecule has 0 atom stereocenters. The molecule has 0 spiro atoms. The minimum Gasteiger partial charge on any atom is -0.334 e. The van der Waals surface area contributed by atoms with Gasteiger partial charge in [0.2, 0.25) is 5.82 Å². The van der Waals surface area contributed by atoms with E-state index < -0.39 is 0 Å². The summed E-state index contributed by atoms with van der Waals surface area (Å²) in [6, 6.07) is 35.1. The molecule has 0 bridgehead atoms. The van der Waals surface area contributed by atoms with Gasteiger partial charge in [-0.1, -0.05) is 59.4 Å². The third kappa shape index (κ3) is 3.20. The molecule has 1 aliphatic rings. The standard InChI is InChI=1S/C26H17N3OS/c1-2-8-19(9-3-1)26-27-25(28-30-26)18-14-16-20(17-15-18)29-21-10-4-6-12-23(21)31-24-13-7-5-11-22(24)29/h1-17H. The molecule has 0 saturated heterocycles. The summed E-state index contributed by atoms with van der Waals surface area (Å²) in [5.41, 5.74) is 5.30. The second-order valence-corrected chi connectivity index (χ2v) is 8.29. The summed E-state index contributed by atoms with van der Waals surface area (Å²) in [5.74, 6) is 1.11. The number of aromatic nitrogens is 2. The molecular formula is C26H17N3OS. The Morgan fingerprint density at radius 1 is 0.613 bits per heavy atom. The molecule has 1 aromatic heterocycles. The lowest BCUT2D eigenvalue weighted by atomic mass is 10.1. The number of anilines is 3. The third-order valence-corrected chi connectivity index (χ3v) is 6.39. The van der Waals surface area contributed by atoms with E-state index in [1.807, 2.05) is 54.2 Å². The molecule has 2 heterocycles. The van der Waals surface area contributed by atoms with Crippen molar-refractivity contribution in [2.75, 3.05) is 4.90 Å². The molecule has 0 fully saturated rings. The molecule has 0 N–H and O–H groups in total. The molecule has 1 aliphatic heterocycles. The molecular weight excluding hydrogens is 402 g/mol. The van der Waals surface area contributed by atoms with Crippen LogP contribution in [0.4, 0.5) is 17.1 Å². The van der Waals surface area contributed by atoms with Crippen LogP contribution in [0, 0.1) is 0 Å². The highest BCUT2D eigenvalue weighted by atomic mass is 32.2. The van der Waals surface area contributed by atoms with Gasteiger partial charge in [-0.05, 0) is 60.7 Å². The minimum absolute atomic E-state index is 0.524. The zero-order chi connectivity index (χ0) is 20.6. The Kier molecular flexibility index (Phi) is 4.32. The normalized spacial score (nSPS) is 12.3. The number of benzene rings is 4. The number of nitrogens with zero attached hydrogens (tertiary/aromatic N) is 3. The van der Waals surface area contributed by atoms with Crippen LogP contribution in [0.3, 0.4) is 0 Å². The van der Waals surface area contributed by atoms with Gasteiger partial charge in [-0.2, -0.15) is 4.98 Å². The van der Waals surface area contributed by atoms with Gasteiger partial charge in [0, 0.05) is 26.6 Å². The summed E-state index contributed by atoms with van der Waals surface area (Å²) in [5, 5.41) is 4.17. The van der Waals surface area contributed by atoms with Crippen LogP contribution in [-0.2, 0) is 0 Å². The first-order valence-corrected chi connectivity index (χ1v) is 10.8. The van der Waals surface area contributed by atoms with Crippen LogP contribution in [0.5, 0.6) is 0 Å². The first-order valence-electron chi connectivity index (χ1n) is 10.0. The van der Waals surface area contributed by atoms with Crippen LogP contribution in [0.25, 0.3) is 22.8 Å². The molecule has 0 unspecified atom stereocenters. The second-order valence-electron chi connectivity index (χ2n) is 7.21. The number of hydrogen-bond acceptors (Lipinski definition) is 5. The zero-order valence-electron chi connectivity index (χ0n) is 16.5. The van der Waals surface area contributed by atoms with Crippen LogP contribution in [-0.4, -0.2) is 10.1 Å². The van der Waals surface area contributed by atoms with Gasteiger partial charge in [-0.25, -0.2) is 0 Å². The van der Waals surface area contributed by atoms with Crippen molar-refractivity contribution in [2.45, 2.75) is 9.79 Å². The van der Waals surface area contributed by atoms with Crippen molar-refractivity contribution in [1.82, 2.24) is 10.1 Å². The molecule has 4 aromatic carbocycles. The van der Waals surface area contributed by atoms with Crippen molar-refractivity contribution >= 4 is 28.8 Å². The summed E-state index contributed by atoms with van der Waals surface area (Å²) in [7, 11) is 0. The van der Waals surface area contributed by atoms with Crippen LogP contribution >= 0.6 is 11.8 Å². The summed E-state index contributed by atoms with van der Waals surface area (Å²) < 4.78 is 5.47. The van der Waals surface area contributed by atoms with E-state index >= 15 is 0 Å². The monoisotopic (exact) mass is 419 g/mol. The lowest BCUT2D eigenvalue weighted by Crippen LogP contribution is -2.14. The average molecular weight is 420 g/mol. The van der Waals surface area contributed by atoms with E-state index in [-0.39, 0.29) is 0 Å². The quantitative estimate of drug-likeness (QED) is 0.300. The number of hydrogen-bond donors (Lipinski definition) is 0. The molecule has 0 radical (unpaired) electrons. The maximum absolute atomic E-state index is 5.47. The molecule has 31 heavy (non-hydrogen) atoms. The summed E-state index contributed by atoms with van der Waals surface area (Å²) in [4.78, 5) is 9.36. The first kappa shape index (κ1) is 18.0. The lowest BCUT2D eigenvalue weighted by Gasteiger charge is -2.32. The molecule has 6 rings (SSSR count). The van der Waals surface area contributed by atoms with Gasteiger partial charge in [0.05, 0.1) is 11.4 Å². The van der Waals surface area contributed by atoms with Gasteiger partial charge in [-0.3, -0.25) is 0 Å². The Bertz CT molecular complexity index is 1320. The Hall–Kier alpha value is -3.83. The summed E-state index contributed by atoms with van der Waals surface area (Å²) in [6.07, 6.45) is 0. The van der Waals surface area contributed by atoms with Gasteiger partial charge in [0.25, 0.3) is 5.89 Å². The summed E-state index contributed by atoms with van der Waals surface area (Å²) >= 11 is 1.81. The predicted octanol–water partition coefficient (Wildman–Crippen LogP) is 7.34. The van der Waals surface area contributed by atoms with Crippen molar-refractivity contribution < 1.29 is 4.52 Å². The molecule has 5 aromatic rings. The van der Waals surface area contributed by atoms with E-state index in [1.165, 1.54) is 21.2 Å². The SMILES string of the molecule is c1ccc(-c2nc(-c3ccc(N4c5ccccc5Sc5ccccc54)cc3)no2)cc1. The van der Waals surface area contributed by atoms with Gasteiger partial charge >= 0.3 is 0 Å². The van der Waals surface area contributed by atoms with Crippen molar-refractivity contribution in [3.05, 3.63) is 103 Å². The van der Waals surface area contributed by atoms with Crippen molar-refractivity contribution in [3.8, 4) is 22.8 Å². The maximum Gasteiger partial charge on any atom is 0.258 e. The van der Waals surface area contributed by atoms with Crippen LogP contribution < -0.4 is 4.90 Å². The highest BCUT2D eigenvalue weighted by molar-refractivity contribution is 7.99. The predicted molar refractivity (Wildman–Crippen MR) is 124 cm³/mol. The topological polar surface area (TPSA) is 42.2 Å². The molecule has 0 aliphatic carbocycles. The summed E-state index contributed by atoms with van der Waals surface area (Å²) in [6.45, 7) is 0. The van der Waals surface area contributed by atoms with E-state index in [0.717, 1.165) is 16.8 Å². The zero-order valence-corrected chi connectivity index (χ0v) is 17.3. The average Bonchev–Trinajstić information content (AvgIpc) is 3.34. The van der Waals surface area contributed by atoms with Crippen molar-refractivity contribution in [2.24, 2.45) is 0 Å². The van der Waals surface area contributed by atoms with E-state index in [0.29, 0.717) is 11.7 Å². The van der Waals surface area contributed by atoms with E-state index in [1.54, 1.807) is 0 Å². The van der Waals surface area contributed by atoms with Gasteiger partial charge in [-0.15, -0.1) is 0 Å². The third-order valence-electron chi connectivity index (χ3n) is 5.26. The molecule has 0 amide bonds. The molecule has 5 heteroatoms. The fraction of sp³-hybridized carbons (Fsp3) is 0.